The third-order valence-corrected chi connectivity index (χ3v) is 4.48. The fourth-order valence-corrected chi connectivity index (χ4v) is 3.26. The Morgan fingerprint density at radius 1 is 1.19 bits per heavy atom. The van der Waals surface area contributed by atoms with Crippen molar-refractivity contribution in [2.24, 2.45) is 0 Å². The van der Waals surface area contributed by atoms with Gasteiger partial charge in [0.05, 0.1) is 17.7 Å². The summed E-state index contributed by atoms with van der Waals surface area (Å²) >= 11 is 0. The average Bonchev–Trinajstić information content (AvgIpc) is 2.66. The largest absolute Gasteiger partial charge is 0.487 e. The number of hydrogen-bond acceptors (Lipinski definition) is 5. The van der Waals surface area contributed by atoms with Crippen molar-refractivity contribution in [1.29, 1.82) is 0 Å². The number of hydrogen-bond donors (Lipinski definition) is 1. The number of nitrogens with zero attached hydrogens (tertiary/aromatic N) is 1. The molecule has 27 heavy (non-hydrogen) atoms. The zero-order valence-corrected chi connectivity index (χ0v) is 14.8. The second kappa shape index (κ2) is 7.07. The zero-order valence-electron chi connectivity index (χ0n) is 14.8. The van der Waals surface area contributed by atoms with E-state index in [0.717, 1.165) is 11.3 Å². The molecule has 0 amide bonds. The molecule has 1 aliphatic heterocycles. The van der Waals surface area contributed by atoms with Crippen LogP contribution in [0.15, 0.2) is 59.5 Å². The SMILES string of the molecule is Cc1cc2c(c(=O)[nH]1)C(c1cccc(OCc3ccccn3)c1)CC(=O)O2. The summed E-state index contributed by atoms with van der Waals surface area (Å²) in [6, 6.07) is 14.8. The van der Waals surface area contributed by atoms with Gasteiger partial charge >= 0.3 is 5.97 Å². The maximum atomic E-state index is 12.5. The summed E-state index contributed by atoms with van der Waals surface area (Å²) in [6.45, 7) is 2.10. The molecular formula is C21H18N2O4. The van der Waals surface area contributed by atoms with Gasteiger partial charge in [-0.15, -0.1) is 0 Å². The first-order chi connectivity index (χ1) is 13.1. The molecule has 0 saturated heterocycles. The van der Waals surface area contributed by atoms with Crippen LogP contribution >= 0.6 is 0 Å². The minimum absolute atomic E-state index is 0.114. The van der Waals surface area contributed by atoms with E-state index in [-0.39, 0.29) is 23.9 Å². The minimum Gasteiger partial charge on any atom is -0.487 e. The summed E-state index contributed by atoms with van der Waals surface area (Å²) in [5.74, 6) is 0.265. The quantitative estimate of drug-likeness (QED) is 0.721. The molecule has 1 aliphatic rings. The van der Waals surface area contributed by atoms with Crippen LogP contribution in [0.4, 0.5) is 0 Å². The standard InChI is InChI=1S/C21H18N2O4/c1-13-9-18-20(21(25)23-13)17(11-19(24)27-18)14-5-4-7-16(10-14)26-12-15-6-2-3-8-22-15/h2-10,17H,11-12H2,1H3,(H,23,25). The monoisotopic (exact) mass is 362 g/mol. The molecule has 3 heterocycles. The van der Waals surface area contributed by atoms with Gasteiger partial charge in [-0.3, -0.25) is 14.6 Å². The van der Waals surface area contributed by atoms with Crippen molar-refractivity contribution in [3.8, 4) is 11.5 Å². The molecule has 0 radical (unpaired) electrons. The summed E-state index contributed by atoms with van der Waals surface area (Å²) < 4.78 is 11.1. The van der Waals surface area contributed by atoms with E-state index in [0.29, 0.717) is 29.4 Å². The van der Waals surface area contributed by atoms with E-state index in [1.54, 1.807) is 19.2 Å². The Hall–Kier alpha value is -3.41. The first-order valence-corrected chi connectivity index (χ1v) is 8.67. The van der Waals surface area contributed by atoms with Crippen LogP contribution < -0.4 is 15.0 Å². The molecule has 0 bridgehead atoms. The smallest absolute Gasteiger partial charge is 0.312 e. The van der Waals surface area contributed by atoms with Crippen molar-refractivity contribution in [3.05, 3.63) is 87.6 Å². The van der Waals surface area contributed by atoms with Crippen LogP contribution in [-0.4, -0.2) is 15.9 Å². The first-order valence-electron chi connectivity index (χ1n) is 8.67. The maximum Gasteiger partial charge on any atom is 0.312 e. The number of ether oxygens (including phenoxy) is 2. The van der Waals surface area contributed by atoms with Crippen LogP contribution in [0.3, 0.4) is 0 Å². The number of esters is 1. The van der Waals surface area contributed by atoms with Crippen molar-refractivity contribution in [2.45, 2.75) is 25.9 Å². The predicted molar refractivity (Wildman–Crippen MR) is 98.9 cm³/mol. The molecule has 0 saturated carbocycles. The lowest BCUT2D eigenvalue weighted by atomic mass is 9.87. The van der Waals surface area contributed by atoms with Gasteiger partial charge in [0.15, 0.2) is 0 Å². The normalized spacial score (nSPS) is 15.7. The molecule has 0 spiro atoms. The number of carbonyl (C=O) groups is 1. The van der Waals surface area contributed by atoms with Crippen molar-refractivity contribution >= 4 is 5.97 Å². The van der Waals surface area contributed by atoms with Crippen LogP contribution in [0.2, 0.25) is 0 Å². The number of aromatic amines is 1. The molecule has 3 aromatic rings. The number of aromatic nitrogens is 2. The lowest BCUT2D eigenvalue weighted by Crippen LogP contribution is -2.28. The maximum absolute atomic E-state index is 12.5. The fraction of sp³-hybridized carbons (Fsp3) is 0.190. The van der Waals surface area contributed by atoms with Gasteiger partial charge in [0.2, 0.25) is 0 Å². The Labute approximate surface area is 155 Å². The summed E-state index contributed by atoms with van der Waals surface area (Å²) in [7, 11) is 0. The molecule has 1 aromatic carbocycles. The van der Waals surface area contributed by atoms with E-state index in [1.165, 1.54) is 0 Å². The first kappa shape index (κ1) is 17.0. The summed E-state index contributed by atoms with van der Waals surface area (Å²) in [6.07, 6.45) is 1.83. The fourth-order valence-electron chi connectivity index (χ4n) is 3.26. The molecule has 2 aromatic heterocycles. The van der Waals surface area contributed by atoms with Gasteiger partial charge in [0, 0.05) is 23.9 Å². The molecular weight excluding hydrogens is 344 g/mol. The number of nitrogens with one attached hydrogen (secondary N) is 1. The van der Waals surface area contributed by atoms with E-state index in [2.05, 4.69) is 9.97 Å². The number of rotatable bonds is 4. The van der Waals surface area contributed by atoms with Crippen molar-refractivity contribution in [3.63, 3.8) is 0 Å². The van der Waals surface area contributed by atoms with Gasteiger partial charge in [-0.25, -0.2) is 0 Å². The third kappa shape index (κ3) is 3.60. The van der Waals surface area contributed by atoms with Gasteiger partial charge < -0.3 is 14.5 Å². The number of aryl methyl sites for hydroxylation is 1. The number of fused-ring (bicyclic) bond motifs is 1. The van der Waals surface area contributed by atoms with Crippen LogP contribution in [-0.2, 0) is 11.4 Å². The number of pyridine rings is 2. The van der Waals surface area contributed by atoms with E-state index in [1.807, 2.05) is 42.5 Å². The van der Waals surface area contributed by atoms with Crippen LogP contribution in [0.5, 0.6) is 11.5 Å². The van der Waals surface area contributed by atoms with Crippen LogP contribution in [0.1, 0.15) is 34.9 Å². The number of H-pyrrole nitrogens is 1. The molecule has 4 rings (SSSR count). The molecule has 0 aliphatic carbocycles. The number of benzene rings is 1. The van der Waals surface area contributed by atoms with Gasteiger partial charge in [-0.1, -0.05) is 18.2 Å². The predicted octanol–water partition coefficient (Wildman–Crippen LogP) is 3.10. The van der Waals surface area contributed by atoms with Crippen LogP contribution in [0.25, 0.3) is 0 Å². The van der Waals surface area contributed by atoms with Gasteiger partial charge in [0.25, 0.3) is 5.56 Å². The highest BCUT2D eigenvalue weighted by Gasteiger charge is 2.31. The highest BCUT2D eigenvalue weighted by Crippen LogP contribution is 2.37. The van der Waals surface area contributed by atoms with Crippen molar-refractivity contribution in [2.75, 3.05) is 0 Å². The highest BCUT2D eigenvalue weighted by atomic mass is 16.5. The van der Waals surface area contributed by atoms with E-state index in [9.17, 15) is 9.59 Å². The molecule has 6 heteroatoms. The topological polar surface area (TPSA) is 81.3 Å². The van der Waals surface area contributed by atoms with Crippen molar-refractivity contribution in [1.82, 2.24) is 9.97 Å². The second-order valence-electron chi connectivity index (χ2n) is 6.47. The molecule has 1 unspecified atom stereocenters. The van der Waals surface area contributed by atoms with Gasteiger partial charge in [-0.05, 0) is 36.8 Å². The summed E-state index contributed by atoms with van der Waals surface area (Å²) in [5, 5.41) is 0. The third-order valence-electron chi connectivity index (χ3n) is 4.48. The van der Waals surface area contributed by atoms with Gasteiger partial charge in [0.1, 0.15) is 18.1 Å². The van der Waals surface area contributed by atoms with Gasteiger partial charge in [-0.2, -0.15) is 0 Å². The Balaban J connectivity index is 1.64. The summed E-state index contributed by atoms with van der Waals surface area (Å²) in [5.41, 5.74) is 2.55. The van der Waals surface area contributed by atoms with E-state index < -0.39 is 0 Å². The Morgan fingerprint density at radius 3 is 2.89 bits per heavy atom. The zero-order chi connectivity index (χ0) is 18.8. The second-order valence-corrected chi connectivity index (χ2v) is 6.47. The molecule has 136 valence electrons. The molecule has 0 fully saturated rings. The Morgan fingerprint density at radius 2 is 2.07 bits per heavy atom. The number of carbonyl (C=O) groups excluding carboxylic acids is 1. The van der Waals surface area contributed by atoms with Crippen LogP contribution in [0, 0.1) is 6.92 Å². The molecule has 1 atom stereocenters. The van der Waals surface area contributed by atoms with E-state index in [4.69, 9.17) is 9.47 Å². The lowest BCUT2D eigenvalue weighted by molar-refractivity contribution is -0.135. The minimum atomic E-state index is -0.371. The van der Waals surface area contributed by atoms with Crippen molar-refractivity contribution < 1.29 is 14.3 Å². The summed E-state index contributed by atoms with van der Waals surface area (Å²) in [4.78, 5) is 31.6. The molecule has 1 N–H and O–H groups in total. The average molecular weight is 362 g/mol. The highest BCUT2D eigenvalue weighted by molar-refractivity contribution is 5.77. The Kier molecular flexibility index (Phi) is 4.46. The van der Waals surface area contributed by atoms with E-state index >= 15 is 0 Å². The Bertz CT molecular complexity index is 1040. The lowest BCUT2D eigenvalue weighted by Gasteiger charge is -2.24. The molecule has 6 nitrogen and oxygen atoms in total.